The molecule has 1 radical (unpaired) electrons. The van der Waals surface area contributed by atoms with Gasteiger partial charge in [-0.3, -0.25) is 0 Å². The zero-order chi connectivity index (χ0) is 3.54. The Balaban J connectivity index is 0.000000250. The Hall–Kier alpha value is 0.689. The molecular weight excluding hydrogens is 134 g/mol. The molecule has 0 aromatic rings. The topological polar surface area (TPSA) is 0 Å². The molecule has 0 saturated heterocycles. The molecule has 0 nitrogen and oxygen atoms in total. The van der Waals surface area contributed by atoms with Crippen molar-refractivity contribution >= 4 is 14.0 Å². The predicted molar refractivity (Wildman–Crippen MR) is 27.1 cm³/mol. The van der Waals surface area contributed by atoms with Crippen molar-refractivity contribution in [2.24, 2.45) is 0 Å². The van der Waals surface area contributed by atoms with E-state index in [1.807, 2.05) is 0 Å². The fourth-order valence-electron chi connectivity index (χ4n) is 0.456. The Morgan fingerprint density at radius 2 is 2.33 bits per heavy atom. The Labute approximate surface area is 50.6 Å². The summed E-state index contributed by atoms with van der Waals surface area (Å²) in [6, 6.07) is 0. The molecule has 0 fully saturated rings. The molecule has 0 atom stereocenters. The van der Waals surface area contributed by atoms with Crippen LogP contribution in [0.2, 0.25) is 0 Å². The van der Waals surface area contributed by atoms with Gasteiger partial charge in [-0.05, 0) is 19.0 Å². The maximum absolute atomic E-state index is 2.33. The first kappa shape index (κ1) is 6.69. The van der Waals surface area contributed by atoms with Crippen LogP contribution in [0.4, 0.5) is 0 Å². The van der Waals surface area contributed by atoms with E-state index in [0.29, 0.717) is 0 Å². The third kappa shape index (κ3) is 1.97. The summed E-state index contributed by atoms with van der Waals surface area (Å²) < 4.78 is 0. The van der Waals surface area contributed by atoms with Crippen molar-refractivity contribution in [1.82, 2.24) is 0 Å². The zero-order valence-corrected chi connectivity index (χ0v) is 5.60. The van der Waals surface area contributed by atoms with Crippen molar-refractivity contribution < 1.29 is 17.1 Å². The molecule has 0 saturated carbocycles. The summed E-state index contributed by atoms with van der Waals surface area (Å²) >= 11 is 0. The summed E-state index contributed by atoms with van der Waals surface area (Å²) in [6.45, 7) is 0. The molecule has 0 amide bonds. The van der Waals surface area contributed by atoms with Crippen LogP contribution in [0.3, 0.4) is 0 Å². The van der Waals surface area contributed by atoms with Gasteiger partial charge in [0, 0.05) is 17.1 Å². The quantitative estimate of drug-likeness (QED) is 0.354. The first-order valence-electron chi connectivity index (χ1n) is 1.98. The largest absolute Gasteiger partial charge is 0.109 e. The summed E-state index contributed by atoms with van der Waals surface area (Å²) in [5.74, 6) is 2.33. The van der Waals surface area contributed by atoms with E-state index in [9.17, 15) is 0 Å². The van der Waals surface area contributed by atoms with E-state index in [0.717, 1.165) is 0 Å². The van der Waals surface area contributed by atoms with Crippen molar-refractivity contribution in [3.8, 4) is 0 Å². The van der Waals surface area contributed by atoms with Crippen LogP contribution in [0.25, 0.3) is 0 Å². The average molecular weight is 141 g/mol. The van der Waals surface area contributed by atoms with Gasteiger partial charge < -0.3 is 0 Å². The van der Waals surface area contributed by atoms with Crippen LogP contribution in [0.5, 0.6) is 0 Å². The third-order valence-electron chi connectivity index (χ3n) is 0.750. The van der Waals surface area contributed by atoms with E-state index in [1.54, 1.807) is 8.20 Å². The average Bonchev–Trinajstić information content (AvgIpc) is 1.76. The van der Waals surface area contributed by atoms with Gasteiger partial charge in [-0.25, -0.2) is 0 Å². The third-order valence-corrected chi connectivity index (χ3v) is 1.84. The molecule has 0 bridgehead atoms. The second-order valence-electron chi connectivity index (χ2n) is 1.23. The van der Waals surface area contributed by atoms with Gasteiger partial charge in [0.25, 0.3) is 0 Å². The van der Waals surface area contributed by atoms with Gasteiger partial charge in [-0.1, -0.05) is 5.80 Å². The number of rotatable bonds is 0. The van der Waals surface area contributed by atoms with Crippen LogP contribution < -0.4 is 0 Å². The molecule has 0 spiro atoms. The summed E-state index contributed by atoms with van der Waals surface area (Å²) in [4.78, 5) is 0. The molecule has 6 heavy (non-hydrogen) atoms. The van der Waals surface area contributed by atoms with Gasteiger partial charge in [0.1, 0.15) is 0 Å². The molecular formula is C4H7MnP. The monoisotopic (exact) mass is 141 g/mol. The van der Waals surface area contributed by atoms with E-state index >= 15 is 0 Å². The van der Waals surface area contributed by atoms with Crippen molar-refractivity contribution in [3.05, 3.63) is 0 Å². The molecule has 2 heteroatoms. The standard InChI is InChI=1S/C4H7P.Mn/c1-2-4-5-3-1;/h3H,1-2,4H2;. The molecule has 1 heterocycles. The summed E-state index contributed by atoms with van der Waals surface area (Å²) in [6.07, 6.45) is 4.21. The van der Waals surface area contributed by atoms with Crippen LogP contribution in [0.1, 0.15) is 12.8 Å². The fourth-order valence-corrected chi connectivity index (χ4v) is 1.37. The Kier molecular flexibility index (Phi) is 4.31. The van der Waals surface area contributed by atoms with E-state index < -0.39 is 0 Å². The summed E-state index contributed by atoms with van der Waals surface area (Å²) in [7, 11) is 1.57. The fraction of sp³-hybridized carbons (Fsp3) is 0.750. The second kappa shape index (κ2) is 3.87. The smallest absolute Gasteiger partial charge is 0 e. The van der Waals surface area contributed by atoms with Gasteiger partial charge in [-0.2, -0.15) is 0 Å². The van der Waals surface area contributed by atoms with Crippen LogP contribution >= 0.6 is 8.20 Å². The maximum Gasteiger partial charge on any atom is 0 e. The minimum Gasteiger partial charge on any atom is -0.109 e. The molecule has 1 aliphatic rings. The molecule has 0 aliphatic carbocycles. The molecule has 1 aliphatic heterocycles. The number of hydrogen-bond acceptors (Lipinski definition) is 0. The van der Waals surface area contributed by atoms with Gasteiger partial charge in [0.2, 0.25) is 0 Å². The molecule has 0 unspecified atom stereocenters. The Bertz CT molecular complexity index is 45.5. The zero-order valence-electron chi connectivity index (χ0n) is 3.52. The van der Waals surface area contributed by atoms with Crippen molar-refractivity contribution in [2.75, 3.05) is 6.16 Å². The predicted octanol–water partition coefficient (Wildman–Crippen LogP) is 1.53. The van der Waals surface area contributed by atoms with Crippen molar-refractivity contribution in [2.45, 2.75) is 12.8 Å². The number of hydrogen-bond donors (Lipinski definition) is 0. The van der Waals surface area contributed by atoms with Crippen molar-refractivity contribution in [1.29, 1.82) is 0 Å². The second-order valence-corrected chi connectivity index (χ2v) is 2.41. The molecule has 0 N–H and O–H groups in total. The summed E-state index contributed by atoms with van der Waals surface area (Å²) in [5.41, 5.74) is 0. The van der Waals surface area contributed by atoms with E-state index in [4.69, 9.17) is 0 Å². The molecule has 0 aromatic carbocycles. The van der Waals surface area contributed by atoms with Crippen molar-refractivity contribution in [3.63, 3.8) is 0 Å². The minimum atomic E-state index is 0. The van der Waals surface area contributed by atoms with Gasteiger partial charge in [0.15, 0.2) is 0 Å². The molecule has 0 aromatic heterocycles. The Morgan fingerprint density at radius 1 is 1.50 bits per heavy atom. The molecule has 35 valence electrons. The van der Waals surface area contributed by atoms with Gasteiger partial charge in [0.05, 0.1) is 0 Å². The molecule has 1 rings (SSSR count). The SMILES string of the molecule is C1=PCCC1.[Mn]. The maximum atomic E-state index is 2.33. The van der Waals surface area contributed by atoms with Gasteiger partial charge in [-0.15, -0.1) is 8.20 Å². The normalized spacial score (nSPS) is 20.0. The van der Waals surface area contributed by atoms with Crippen LogP contribution in [-0.4, -0.2) is 12.0 Å². The first-order chi connectivity index (χ1) is 2.50. The van der Waals surface area contributed by atoms with Crippen LogP contribution in [-0.2, 0) is 17.1 Å². The van der Waals surface area contributed by atoms with E-state index in [1.165, 1.54) is 19.0 Å². The Morgan fingerprint density at radius 3 is 2.50 bits per heavy atom. The van der Waals surface area contributed by atoms with E-state index in [-0.39, 0.29) is 17.1 Å². The van der Waals surface area contributed by atoms with Crippen LogP contribution in [0, 0.1) is 0 Å². The first-order valence-corrected chi connectivity index (χ1v) is 3.13. The van der Waals surface area contributed by atoms with Crippen LogP contribution in [0.15, 0.2) is 0 Å². The summed E-state index contributed by atoms with van der Waals surface area (Å²) in [5, 5.41) is 0. The minimum absolute atomic E-state index is 0. The van der Waals surface area contributed by atoms with Gasteiger partial charge >= 0.3 is 0 Å². The van der Waals surface area contributed by atoms with E-state index in [2.05, 4.69) is 5.80 Å².